The first-order valence-electron chi connectivity index (χ1n) is 7.00. The SMILES string of the molecule is Nc1nc2c(ncn2C2C=C(F)[C@@](CF)(OCP(=O)(O)O)C2)c(=O)[nH]1. The molecule has 0 saturated carbocycles. The van der Waals surface area contributed by atoms with Crippen molar-refractivity contribution in [3.63, 3.8) is 0 Å². The molecule has 5 N–H and O–H groups in total. The molecule has 3 rings (SSSR count). The van der Waals surface area contributed by atoms with Crippen molar-refractivity contribution >= 4 is 24.7 Å². The maximum Gasteiger partial charge on any atom is 0.351 e. The average molecular weight is 377 g/mol. The fourth-order valence-corrected chi connectivity index (χ4v) is 3.09. The lowest BCUT2D eigenvalue weighted by Gasteiger charge is -2.27. The van der Waals surface area contributed by atoms with E-state index in [9.17, 15) is 18.1 Å². The number of ether oxygens (including phenoxy) is 1. The van der Waals surface area contributed by atoms with Crippen LogP contribution < -0.4 is 11.3 Å². The first-order chi connectivity index (χ1) is 11.6. The van der Waals surface area contributed by atoms with Crippen LogP contribution >= 0.6 is 7.60 Å². The van der Waals surface area contributed by atoms with Gasteiger partial charge in [0.1, 0.15) is 18.8 Å². The van der Waals surface area contributed by atoms with Crippen LogP contribution in [0, 0.1) is 0 Å². The highest BCUT2D eigenvalue weighted by atomic mass is 31.2. The van der Waals surface area contributed by atoms with Crippen molar-refractivity contribution in [3.8, 4) is 0 Å². The Morgan fingerprint density at radius 1 is 1.56 bits per heavy atom. The van der Waals surface area contributed by atoms with Crippen LogP contribution in [0.1, 0.15) is 12.5 Å². The molecule has 0 amide bonds. The van der Waals surface area contributed by atoms with Crippen molar-refractivity contribution in [2.45, 2.75) is 18.1 Å². The van der Waals surface area contributed by atoms with Crippen molar-refractivity contribution in [2.75, 3.05) is 18.8 Å². The third kappa shape index (κ3) is 3.21. The second-order valence-electron chi connectivity index (χ2n) is 5.63. The summed E-state index contributed by atoms with van der Waals surface area (Å²) in [7, 11) is -4.61. The Morgan fingerprint density at radius 2 is 2.28 bits per heavy atom. The van der Waals surface area contributed by atoms with Crippen LogP contribution in [0.15, 0.2) is 23.0 Å². The molecule has 2 aromatic heterocycles. The number of halogens is 2. The zero-order chi connectivity index (χ0) is 18.4. The number of nitrogens with one attached hydrogen (secondary N) is 1. The minimum absolute atomic E-state index is 0.0307. The van der Waals surface area contributed by atoms with Crippen molar-refractivity contribution in [3.05, 3.63) is 28.6 Å². The first-order valence-corrected chi connectivity index (χ1v) is 8.79. The second-order valence-corrected chi connectivity index (χ2v) is 7.21. The van der Waals surface area contributed by atoms with E-state index in [1.165, 1.54) is 10.9 Å². The van der Waals surface area contributed by atoms with Crippen molar-refractivity contribution in [1.82, 2.24) is 19.5 Å². The Kier molecular flexibility index (Phi) is 4.23. The average Bonchev–Trinajstić information content (AvgIpc) is 3.06. The fraction of sp³-hybridized carbons (Fsp3) is 0.417. The van der Waals surface area contributed by atoms with Gasteiger partial charge in [-0.25, -0.2) is 13.8 Å². The highest BCUT2D eigenvalue weighted by Gasteiger charge is 2.46. The van der Waals surface area contributed by atoms with Crippen LogP contribution in [0.25, 0.3) is 11.2 Å². The highest BCUT2D eigenvalue weighted by Crippen LogP contribution is 2.45. The maximum atomic E-state index is 14.3. The maximum absolute atomic E-state index is 14.3. The van der Waals surface area contributed by atoms with Crippen LogP contribution in [-0.2, 0) is 9.30 Å². The summed E-state index contributed by atoms with van der Waals surface area (Å²) in [5, 5.41) is 0. The summed E-state index contributed by atoms with van der Waals surface area (Å²) in [6.45, 7) is -1.32. The summed E-state index contributed by atoms with van der Waals surface area (Å²) in [6, 6.07) is -0.828. The molecule has 0 radical (unpaired) electrons. The normalized spacial score (nSPS) is 24.0. The molecule has 0 aromatic carbocycles. The van der Waals surface area contributed by atoms with Gasteiger partial charge in [-0.1, -0.05) is 0 Å². The second kappa shape index (κ2) is 5.99. The van der Waals surface area contributed by atoms with Crippen LogP contribution in [0.4, 0.5) is 14.7 Å². The Hall–Kier alpha value is -2.14. The molecule has 2 heterocycles. The molecule has 1 aliphatic carbocycles. The molecule has 2 aromatic rings. The molecule has 0 bridgehead atoms. The number of hydrogen-bond donors (Lipinski definition) is 4. The molecule has 1 aliphatic rings. The van der Waals surface area contributed by atoms with Crippen molar-refractivity contribution in [2.24, 2.45) is 0 Å². The molecule has 0 aliphatic heterocycles. The zero-order valence-electron chi connectivity index (χ0n) is 12.6. The Balaban J connectivity index is 1.96. The van der Waals surface area contributed by atoms with Crippen LogP contribution in [-0.4, -0.2) is 47.9 Å². The number of anilines is 1. The third-order valence-electron chi connectivity index (χ3n) is 3.85. The fourth-order valence-electron chi connectivity index (χ4n) is 2.67. The summed E-state index contributed by atoms with van der Waals surface area (Å²) < 4.78 is 44.9. The van der Waals surface area contributed by atoms with Gasteiger partial charge in [0, 0.05) is 6.42 Å². The summed E-state index contributed by atoms with van der Waals surface area (Å²) in [5.74, 6) is -1.18. The number of nitrogens with two attached hydrogens (primary N) is 1. The Morgan fingerprint density at radius 3 is 2.92 bits per heavy atom. The molecule has 13 heteroatoms. The number of aromatic nitrogens is 4. The van der Waals surface area contributed by atoms with Crippen LogP contribution in [0.2, 0.25) is 0 Å². The molecule has 0 spiro atoms. The molecule has 0 fully saturated rings. The van der Waals surface area contributed by atoms with Crippen molar-refractivity contribution in [1.29, 1.82) is 0 Å². The van der Waals surface area contributed by atoms with Crippen LogP contribution in [0.3, 0.4) is 0 Å². The van der Waals surface area contributed by atoms with E-state index in [1.54, 1.807) is 0 Å². The van der Waals surface area contributed by atoms with E-state index in [4.69, 9.17) is 20.3 Å². The van der Waals surface area contributed by atoms with E-state index in [2.05, 4.69) is 15.0 Å². The monoisotopic (exact) mass is 377 g/mol. The van der Waals surface area contributed by atoms with Gasteiger partial charge in [0.2, 0.25) is 5.95 Å². The summed E-state index contributed by atoms with van der Waals surface area (Å²) in [6.07, 6.45) is 0.827. The van der Waals surface area contributed by atoms with Gasteiger partial charge in [-0.3, -0.25) is 14.3 Å². The topological polar surface area (TPSA) is 156 Å². The van der Waals surface area contributed by atoms with E-state index < -0.39 is 43.6 Å². The number of nitrogen functional groups attached to an aromatic ring is 1. The number of hydrogen-bond acceptors (Lipinski definition) is 6. The van der Waals surface area contributed by atoms with Gasteiger partial charge in [-0.05, 0) is 6.08 Å². The lowest BCUT2D eigenvalue weighted by molar-refractivity contribution is -0.0332. The van der Waals surface area contributed by atoms with E-state index >= 15 is 0 Å². The van der Waals surface area contributed by atoms with E-state index in [1.807, 2.05) is 0 Å². The molecule has 1 unspecified atom stereocenters. The largest absolute Gasteiger partial charge is 0.369 e. The Labute approximate surface area is 138 Å². The molecular weight excluding hydrogens is 363 g/mol. The first kappa shape index (κ1) is 17.7. The minimum Gasteiger partial charge on any atom is -0.369 e. The lowest BCUT2D eigenvalue weighted by Crippen LogP contribution is -2.35. The summed E-state index contributed by atoms with van der Waals surface area (Å²) in [4.78, 5) is 39.6. The predicted molar refractivity (Wildman–Crippen MR) is 82.1 cm³/mol. The molecule has 0 saturated heterocycles. The summed E-state index contributed by atoms with van der Waals surface area (Å²) in [5.41, 5.74) is 2.82. The standard InChI is InChI=1S/C12H14F2N5O5P/c13-3-12(24-5-25(21,22)23)2-6(1-7(12)14)19-4-16-8-9(19)17-11(15)18-10(8)20/h1,4,6H,2-3,5H2,(H2,21,22,23)(H3,15,17,18,20)/t6?,12-/m1/s1. The summed E-state index contributed by atoms with van der Waals surface area (Å²) >= 11 is 0. The van der Waals surface area contributed by atoms with E-state index in [-0.39, 0.29) is 23.5 Å². The van der Waals surface area contributed by atoms with Gasteiger partial charge >= 0.3 is 7.60 Å². The van der Waals surface area contributed by atoms with Gasteiger partial charge in [0.25, 0.3) is 5.56 Å². The highest BCUT2D eigenvalue weighted by molar-refractivity contribution is 7.51. The third-order valence-corrected chi connectivity index (χ3v) is 4.31. The smallest absolute Gasteiger partial charge is 0.351 e. The molecular formula is C12H14F2N5O5P. The van der Waals surface area contributed by atoms with Gasteiger partial charge in [0.05, 0.1) is 12.4 Å². The molecule has 10 nitrogen and oxygen atoms in total. The number of H-pyrrole nitrogens is 1. The number of nitrogens with zero attached hydrogens (tertiary/aromatic N) is 3. The number of aromatic amines is 1. The molecule has 25 heavy (non-hydrogen) atoms. The molecule has 136 valence electrons. The van der Waals surface area contributed by atoms with Gasteiger partial charge in [0.15, 0.2) is 16.8 Å². The number of imidazole rings is 1. The minimum atomic E-state index is -4.61. The quantitative estimate of drug-likeness (QED) is 0.544. The zero-order valence-corrected chi connectivity index (χ0v) is 13.5. The Bertz CT molecular complexity index is 953. The lowest BCUT2D eigenvalue weighted by atomic mass is 10.0. The number of allylic oxidation sites excluding steroid dienone is 1. The van der Waals surface area contributed by atoms with Crippen molar-refractivity contribution < 1.29 is 27.9 Å². The van der Waals surface area contributed by atoms with Gasteiger partial charge in [-0.15, -0.1) is 0 Å². The number of alkyl halides is 1. The number of fused-ring (bicyclic) bond motifs is 1. The molecule has 2 atom stereocenters. The predicted octanol–water partition coefficient (Wildman–Crippen LogP) is 0.360. The van der Waals surface area contributed by atoms with Gasteiger partial charge in [-0.2, -0.15) is 4.98 Å². The van der Waals surface area contributed by atoms with E-state index in [0.29, 0.717) is 0 Å². The van der Waals surface area contributed by atoms with Gasteiger partial charge < -0.3 is 24.8 Å². The van der Waals surface area contributed by atoms with E-state index in [0.717, 1.165) is 6.08 Å². The van der Waals surface area contributed by atoms with Crippen LogP contribution in [0.5, 0.6) is 0 Å². The number of rotatable bonds is 5.